The Bertz CT molecular complexity index is 1310. The third-order valence-electron chi connectivity index (χ3n) is 5.46. The number of amides is 1. The first-order valence-electron chi connectivity index (χ1n) is 10.6. The van der Waals surface area contributed by atoms with Crippen molar-refractivity contribution in [2.24, 2.45) is 0 Å². The van der Waals surface area contributed by atoms with Crippen molar-refractivity contribution in [3.05, 3.63) is 84.6 Å². The summed E-state index contributed by atoms with van der Waals surface area (Å²) in [5.41, 5.74) is 3.81. The summed E-state index contributed by atoms with van der Waals surface area (Å²) >= 11 is 0. The standard InChI is InChI=1S/C25H22N4O2S/c30-25(18-10-12-22(13-11-18)29-14-3-4-15-32(29)31)27-21-8-5-7-19(16-21)24-26-17-20-6-1-2-9-23(20)28-24/h1-2,5-13,16-17H,3-4,14-15H2,(H,27,30). The van der Waals surface area contributed by atoms with Gasteiger partial charge in [-0.05, 0) is 55.3 Å². The van der Waals surface area contributed by atoms with Gasteiger partial charge in [0, 0.05) is 46.4 Å². The average molecular weight is 443 g/mol. The van der Waals surface area contributed by atoms with Crippen LogP contribution in [0, 0.1) is 0 Å². The van der Waals surface area contributed by atoms with Crippen LogP contribution in [0.5, 0.6) is 0 Å². The van der Waals surface area contributed by atoms with E-state index in [9.17, 15) is 9.00 Å². The number of anilines is 2. The van der Waals surface area contributed by atoms with Crippen LogP contribution in [0.3, 0.4) is 0 Å². The average Bonchev–Trinajstić information content (AvgIpc) is 2.84. The van der Waals surface area contributed by atoms with E-state index in [1.54, 1.807) is 18.3 Å². The lowest BCUT2D eigenvalue weighted by Gasteiger charge is -2.27. The van der Waals surface area contributed by atoms with E-state index in [1.807, 2.05) is 65.0 Å². The Kier molecular flexibility index (Phi) is 5.64. The van der Waals surface area contributed by atoms with Gasteiger partial charge in [-0.3, -0.25) is 9.10 Å². The van der Waals surface area contributed by atoms with Crippen molar-refractivity contribution in [1.29, 1.82) is 0 Å². The zero-order valence-electron chi connectivity index (χ0n) is 17.4. The maximum absolute atomic E-state index is 12.8. The van der Waals surface area contributed by atoms with E-state index in [-0.39, 0.29) is 5.91 Å². The Morgan fingerprint density at radius 1 is 0.969 bits per heavy atom. The number of aromatic nitrogens is 2. The molecule has 1 aromatic heterocycles. The number of benzene rings is 3. The Labute approximate surface area is 188 Å². The summed E-state index contributed by atoms with van der Waals surface area (Å²) in [5, 5.41) is 3.93. The third-order valence-corrected chi connectivity index (χ3v) is 6.98. The van der Waals surface area contributed by atoms with Crippen molar-refractivity contribution in [3.8, 4) is 11.4 Å². The Morgan fingerprint density at radius 3 is 2.66 bits per heavy atom. The predicted octanol–water partition coefficient (Wildman–Crippen LogP) is 4.81. The van der Waals surface area contributed by atoms with Gasteiger partial charge >= 0.3 is 0 Å². The van der Waals surface area contributed by atoms with Gasteiger partial charge in [0.2, 0.25) is 0 Å². The van der Waals surface area contributed by atoms with Gasteiger partial charge in [0.05, 0.1) is 5.52 Å². The molecular formula is C25H22N4O2S. The number of nitrogens with zero attached hydrogens (tertiary/aromatic N) is 3. The molecule has 1 unspecified atom stereocenters. The lowest BCUT2D eigenvalue weighted by Crippen LogP contribution is -2.32. The largest absolute Gasteiger partial charge is 0.322 e. The van der Waals surface area contributed by atoms with Gasteiger partial charge < -0.3 is 5.32 Å². The molecule has 0 bridgehead atoms. The highest BCUT2D eigenvalue weighted by Crippen LogP contribution is 2.24. The molecule has 5 rings (SSSR count). The van der Waals surface area contributed by atoms with Gasteiger partial charge in [-0.25, -0.2) is 14.2 Å². The maximum atomic E-state index is 12.8. The Morgan fingerprint density at radius 2 is 1.81 bits per heavy atom. The Hall–Kier alpha value is -3.58. The van der Waals surface area contributed by atoms with Crippen molar-refractivity contribution in [2.75, 3.05) is 21.9 Å². The predicted molar refractivity (Wildman–Crippen MR) is 129 cm³/mol. The highest BCUT2D eigenvalue weighted by Gasteiger charge is 2.18. The number of carbonyl (C=O) groups excluding carboxylic acids is 1. The lowest BCUT2D eigenvalue weighted by molar-refractivity contribution is 0.102. The van der Waals surface area contributed by atoms with Crippen LogP contribution >= 0.6 is 0 Å². The molecule has 160 valence electrons. The second kappa shape index (κ2) is 8.88. The summed E-state index contributed by atoms with van der Waals surface area (Å²) in [4.78, 5) is 21.9. The molecule has 32 heavy (non-hydrogen) atoms. The highest BCUT2D eigenvalue weighted by molar-refractivity contribution is 7.86. The van der Waals surface area contributed by atoms with Crippen molar-refractivity contribution >= 4 is 39.2 Å². The number of nitrogens with one attached hydrogen (secondary N) is 1. The molecule has 0 spiro atoms. The molecule has 2 heterocycles. The van der Waals surface area contributed by atoms with Crippen LogP contribution in [0.4, 0.5) is 11.4 Å². The van der Waals surface area contributed by atoms with Gasteiger partial charge in [-0.1, -0.05) is 30.3 Å². The van der Waals surface area contributed by atoms with Crippen LogP contribution in [-0.2, 0) is 11.0 Å². The molecule has 1 N–H and O–H groups in total. The molecule has 1 amide bonds. The first kappa shape index (κ1) is 20.3. The smallest absolute Gasteiger partial charge is 0.255 e. The highest BCUT2D eigenvalue weighted by atomic mass is 32.2. The lowest BCUT2D eigenvalue weighted by atomic mass is 10.1. The molecule has 1 aliphatic rings. The zero-order valence-corrected chi connectivity index (χ0v) is 18.2. The number of hydrogen-bond acceptors (Lipinski definition) is 4. The number of fused-ring (bicyclic) bond motifs is 1. The van der Waals surface area contributed by atoms with E-state index in [4.69, 9.17) is 0 Å². The molecule has 0 saturated carbocycles. The number of hydrogen-bond donors (Lipinski definition) is 1. The molecule has 1 fully saturated rings. The van der Waals surface area contributed by atoms with Crippen LogP contribution in [-0.4, -0.2) is 32.4 Å². The molecular weight excluding hydrogens is 420 g/mol. The monoisotopic (exact) mass is 442 g/mol. The summed E-state index contributed by atoms with van der Waals surface area (Å²) in [6.07, 6.45) is 3.83. The summed E-state index contributed by atoms with van der Waals surface area (Å²) < 4.78 is 14.1. The summed E-state index contributed by atoms with van der Waals surface area (Å²) in [6, 6.07) is 22.6. The van der Waals surface area contributed by atoms with E-state index in [0.29, 0.717) is 22.8 Å². The topological polar surface area (TPSA) is 75.2 Å². The summed E-state index contributed by atoms with van der Waals surface area (Å²) in [7, 11) is -0.987. The van der Waals surface area contributed by atoms with E-state index in [0.717, 1.165) is 41.5 Å². The minimum Gasteiger partial charge on any atom is -0.322 e. The van der Waals surface area contributed by atoms with Crippen molar-refractivity contribution in [2.45, 2.75) is 12.8 Å². The molecule has 1 aliphatic heterocycles. The van der Waals surface area contributed by atoms with Gasteiger partial charge in [0.25, 0.3) is 5.91 Å². The second-order valence-electron chi connectivity index (χ2n) is 7.67. The molecule has 1 saturated heterocycles. The summed E-state index contributed by atoms with van der Waals surface area (Å²) in [5.74, 6) is 1.10. The number of rotatable bonds is 4. The summed E-state index contributed by atoms with van der Waals surface area (Å²) in [6.45, 7) is 0.780. The van der Waals surface area contributed by atoms with Gasteiger partial charge in [0.15, 0.2) is 5.82 Å². The molecule has 4 aromatic rings. The minimum atomic E-state index is -0.987. The van der Waals surface area contributed by atoms with Crippen molar-refractivity contribution in [1.82, 2.24) is 9.97 Å². The SMILES string of the molecule is O=C(Nc1cccc(-c2ncc3ccccc3n2)c1)c1ccc(N2CCCCS2=O)cc1. The van der Waals surface area contributed by atoms with Crippen LogP contribution < -0.4 is 9.62 Å². The molecule has 6 nitrogen and oxygen atoms in total. The maximum Gasteiger partial charge on any atom is 0.255 e. The normalized spacial score (nSPS) is 16.1. The quantitative estimate of drug-likeness (QED) is 0.492. The minimum absolute atomic E-state index is 0.201. The van der Waals surface area contributed by atoms with E-state index < -0.39 is 11.0 Å². The third kappa shape index (κ3) is 4.24. The van der Waals surface area contributed by atoms with E-state index in [2.05, 4.69) is 15.3 Å². The van der Waals surface area contributed by atoms with E-state index >= 15 is 0 Å². The molecule has 3 aromatic carbocycles. The fourth-order valence-electron chi connectivity index (χ4n) is 3.77. The molecule has 1 atom stereocenters. The fraction of sp³-hybridized carbons (Fsp3) is 0.160. The van der Waals surface area contributed by atoms with Crippen LogP contribution in [0.25, 0.3) is 22.3 Å². The van der Waals surface area contributed by atoms with Crippen LogP contribution in [0.15, 0.2) is 79.0 Å². The zero-order chi connectivity index (χ0) is 21.9. The Balaban J connectivity index is 1.32. The first-order valence-corrected chi connectivity index (χ1v) is 11.8. The molecule has 0 aliphatic carbocycles. The fourth-order valence-corrected chi connectivity index (χ4v) is 5.13. The molecule has 7 heteroatoms. The first-order chi connectivity index (χ1) is 15.7. The van der Waals surface area contributed by atoms with Gasteiger partial charge in [-0.2, -0.15) is 0 Å². The van der Waals surface area contributed by atoms with Gasteiger partial charge in [0.1, 0.15) is 11.0 Å². The van der Waals surface area contributed by atoms with Crippen LogP contribution in [0.2, 0.25) is 0 Å². The number of para-hydroxylation sites is 1. The second-order valence-corrected chi connectivity index (χ2v) is 9.16. The van der Waals surface area contributed by atoms with Crippen molar-refractivity contribution < 1.29 is 9.00 Å². The number of carbonyl (C=O) groups is 1. The van der Waals surface area contributed by atoms with Crippen LogP contribution in [0.1, 0.15) is 23.2 Å². The van der Waals surface area contributed by atoms with E-state index in [1.165, 1.54) is 0 Å². The van der Waals surface area contributed by atoms with Gasteiger partial charge in [-0.15, -0.1) is 0 Å². The molecule has 0 radical (unpaired) electrons. The van der Waals surface area contributed by atoms with Crippen molar-refractivity contribution in [3.63, 3.8) is 0 Å².